The van der Waals surface area contributed by atoms with Crippen molar-refractivity contribution in [3.63, 3.8) is 0 Å². The number of hydrogen-bond acceptors (Lipinski definition) is 4. The van der Waals surface area contributed by atoms with Crippen LogP contribution in [0.15, 0.2) is 48.7 Å². The number of carbonyl (C=O) groups excluding carboxylic acids is 2. The lowest BCUT2D eigenvalue weighted by atomic mass is 9.85. The highest BCUT2D eigenvalue weighted by atomic mass is 19.1. The second-order valence-corrected chi connectivity index (χ2v) is 7.21. The van der Waals surface area contributed by atoms with E-state index in [0.717, 1.165) is 18.4 Å². The maximum absolute atomic E-state index is 13.9. The van der Waals surface area contributed by atoms with Gasteiger partial charge in [-0.1, -0.05) is 30.3 Å². The van der Waals surface area contributed by atoms with Crippen LogP contribution in [0.5, 0.6) is 0 Å². The maximum atomic E-state index is 13.9. The highest BCUT2D eigenvalue weighted by molar-refractivity contribution is 5.98. The molecule has 2 aromatic rings. The number of benzene rings is 1. The van der Waals surface area contributed by atoms with Gasteiger partial charge >= 0.3 is 6.09 Å². The van der Waals surface area contributed by atoms with Crippen molar-refractivity contribution in [3.05, 3.63) is 65.7 Å². The molecule has 2 aliphatic heterocycles. The minimum Gasteiger partial charge on any atom is -0.445 e. The lowest BCUT2D eigenvalue weighted by Crippen LogP contribution is -2.48. The molecule has 4 rings (SSSR count). The summed E-state index contributed by atoms with van der Waals surface area (Å²) >= 11 is 0. The highest BCUT2D eigenvalue weighted by Gasteiger charge is 2.46. The molecule has 6 heteroatoms. The monoisotopic (exact) mass is 368 g/mol. The lowest BCUT2D eigenvalue weighted by Gasteiger charge is -2.37. The van der Waals surface area contributed by atoms with Crippen LogP contribution in [0.4, 0.5) is 9.18 Å². The van der Waals surface area contributed by atoms with E-state index in [4.69, 9.17) is 4.74 Å². The molecule has 1 amide bonds. The third-order valence-electron chi connectivity index (χ3n) is 5.54. The lowest BCUT2D eigenvalue weighted by molar-refractivity contribution is 0.0483. The van der Waals surface area contributed by atoms with Crippen LogP contribution >= 0.6 is 0 Å². The minimum atomic E-state index is -0.723. The third kappa shape index (κ3) is 3.56. The number of ketones is 1. The summed E-state index contributed by atoms with van der Waals surface area (Å²) in [4.78, 5) is 30.7. The predicted molar refractivity (Wildman–Crippen MR) is 96.5 cm³/mol. The first-order chi connectivity index (χ1) is 13.1. The highest BCUT2D eigenvalue weighted by Crippen LogP contribution is 2.40. The number of nitrogens with zero attached hydrogens (tertiary/aromatic N) is 2. The number of Topliss-reactive ketones (excluding diaryl/α,β-unsaturated/α-hetero) is 1. The quantitative estimate of drug-likeness (QED) is 0.605. The van der Waals surface area contributed by atoms with E-state index >= 15 is 0 Å². The van der Waals surface area contributed by atoms with Gasteiger partial charge in [0.15, 0.2) is 5.78 Å². The fourth-order valence-corrected chi connectivity index (χ4v) is 4.27. The Morgan fingerprint density at radius 1 is 1.07 bits per heavy atom. The van der Waals surface area contributed by atoms with Crippen LogP contribution in [0.3, 0.4) is 0 Å². The first-order valence-corrected chi connectivity index (χ1v) is 9.27. The maximum Gasteiger partial charge on any atom is 0.410 e. The van der Waals surface area contributed by atoms with Gasteiger partial charge in [-0.05, 0) is 43.4 Å². The number of ether oxygens (including phenoxy) is 1. The van der Waals surface area contributed by atoms with Crippen LogP contribution in [-0.4, -0.2) is 33.8 Å². The molecular formula is C21H21FN2O3. The van der Waals surface area contributed by atoms with Gasteiger partial charge in [-0.25, -0.2) is 9.78 Å². The van der Waals surface area contributed by atoms with Crippen LogP contribution < -0.4 is 0 Å². The first kappa shape index (κ1) is 17.6. The largest absolute Gasteiger partial charge is 0.445 e. The molecule has 0 radical (unpaired) electrons. The average molecular weight is 368 g/mol. The molecule has 2 fully saturated rings. The summed E-state index contributed by atoms with van der Waals surface area (Å²) in [6.07, 6.45) is 3.80. The average Bonchev–Trinajstić information content (AvgIpc) is 2.96. The Balaban J connectivity index is 1.41. The Kier molecular flexibility index (Phi) is 4.88. The first-order valence-electron chi connectivity index (χ1n) is 9.27. The summed E-state index contributed by atoms with van der Waals surface area (Å²) in [5.41, 5.74) is 0.984. The number of halogens is 1. The molecule has 2 bridgehead atoms. The van der Waals surface area contributed by atoms with Crippen LogP contribution in [0.25, 0.3) is 0 Å². The minimum absolute atomic E-state index is 0.0271. The number of fused-ring (bicyclic) bond motifs is 2. The van der Waals surface area contributed by atoms with Gasteiger partial charge in [0.25, 0.3) is 0 Å². The molecule has 0 saturated carbocycles. The molecule has 0 N–H and O–H groups in total. The summed E-state index contributed by atoms with van der Waals surface area (Å²) in [5.74, 6) is -1.21. The summed E-state index contributed by atoms with van der Waals surface area (Å²) in [5, 5.41) is 0. The van der Waals surface area contributed by atoms with Crippen molar-refractivity contribution < 1.29 is 18.7 Å². The van der Waals surface area contributed by atoms with E-state index in [1.807, 2.05) is 30.3 Å². The number of amides is 1. The fraction of sp³-hybridized carbons (Fsp3) is 0.381. The molecule has 1 aromatic heterocycles. The van der Waals surface area contributed by atoms with Gasteiger partial charge in [-0.15, -0.1) is 0 Å². The molecule has 2 atom stereocenters. The van der Waals surface area contributed by atoms with Gasteiger partial charge in [0.2, 0.25) is 5.95 Å². The Bertz CT molecular complexity index is 828. The zero-order valence-electron chi connectivity index (χ0n) is 14.9. The molecule has 1 aromatic carbocycles. The molecule has 27 heavy (non-hydrogen) atoms. The predicted octanol–water partition coefficient (Wildman–Crippen LogP) is 3.98. The third-order valence-corrected chi connectivity index (χ3v) is 5.54. The van der Waals surface area contributed by atoms with Crippen LogP contribution in [0, 0.1) is 11.9 Å². The number of rotatable bonds is 4. The Morgan fingerprint density at radius 2 is 1.78 bits per heavy atom. The number of carbonyl (C=O) groups is 2. The molecule has 5 nitrogen and oxygen atoms in total. The van der Waals surface area contributed by atoms with Crippen molar-refractivity contribution in [1.82, 2.24) is 9.88 Å². The molecule has 140 valence electrons. The molecule has 2 saturated heterocycles. The van der Waals surface area contributed by atoms with Crippen molar-refractivity contribution in [3.8, 4) is 0 Å². The Morgan fingerprint density at radius 3 is 2.44 bits per heavy atom. The van der Waals surface area contributed by atoms with E-state index in [2.05, 4.69) is 4.98 Å². The van der Waals surface area contributed by atoms with Crippen LogP contribution in [0.2, 0.25) is 0 Å². The van der Waals surface area contributed by atoms with Gasteiger partial charge in [-0.3, -0.25) is 4.79 Å². The topological polar surface area (TPSA) is 59.5 Å². The summed E-state index contributed by atoms with van der Waals surface area (Å²) in [6, 6.07) is 12.5. The zero-order chi connectivity index (χ0) is 18.8. The standard InChI is InChI=1S/C21H21FN2O3/c22-20-18(7-4-10-23-20)19(25)15-11-16-8-9-17(12-15)24(16)21(26)27-13-14-5-2-1-3-6-14/h1-7,10,15-17H,8-9,11-13H2. The van der Waals surface area contributed by atoms with E-state index in [1.54, 1.807) is 11.0 Å². The van der Waals surface area contributed by atoms with E-state index in [-0.39, 0.29) is 42.0 Å². The SMILES string of the molecule is O=C(c1cccnc1F)C1CC2CCC(C1)N2C(=O)OCc1ccccc1. The normalized spacial score (nSPS) is 23.9. The smallest absolute Gasteiger partial charge is 0.410 e. The Labute approximate surface area is 157 Å². The zero-order valence-corrected chi connectivity index (χ0v) is 14.9. The van der Waals surface area contributed by atoms with Crippen molar-refractivity contribution in [2.75, 3.05) is 0 Å². The van der Waals surface area contributed by atoms with Crippen molar-refractivity contribution >= 4 is 11.9 Å². The van der Waals surface area contributed by atoms with Gasteiger partial charge in [-0.2, -0.15) is 4.39 Å². The molecule has 2 unspecified atom stereocenters. The van der Waals surface area contributed by atoms with Gasteiger partial charge in [0.05, 0.1) is 5.56 Å². The van der Waals surface area contributed by atoms with Gasteiger partial charge < -0.3 is 9.64 Å². The second kappa shape index (κ2) is 7.47. The molecule has 0 aliphatic carbocycles. The summed E-state index contributed by atoms with van der Waals surface area (Å²) < 4.78 is 19.3. The van der Waals surface area contributed by atoms with E-state index in [9.17, 15) is 14.0 Å². The Hall–Kier alpha value is -2.76. The van der Waals surface area contributed by atoms with E-state index in [0.29, 0.717) is 12.8 Å². The van der Waals surface area contributed by atoms with E-state index < -0.39 is 5.95 Å². The summed E-state index contributed by atoms with van der Waals surface area (Å²) in [7, 11) is 0. The molecule has 3 heterocycles. The van der Waals surface area contributed by atoms with Gasteiger partial charge in [0.1, 0.15) is 6.61 Å². The fourth-order valence-electron chi connectivity index (χ4n) is 4.27. The molecular weight excluding hydrogens is 347 g/mol. The number of pyridine rings is 1. The van der Waals surface area contributed by atoms with Gasteiger partial charge in [0, 0.05) is 24.2 Å². The van der Waals surface area contributed by atoms with Crippen molar-refractivity contribution in [2.24, 2.45) is 5.92 Å². The molecule has 0 spiro atoms. The van der Waals surface area contributed by atoms with E-state index in [1.165, 1.54) is 12.3 Å². The van der Waals surface area contributed by atoms with Crippen molar-refractivity contribution in [1.29, 1.82) is 0 Å². The number of aromatic nitrogens is 1. The number of piperidine rings is 1. The van der Waals surface area contributed by atoms with Crippen LogP contribution in [0.1, 0.15) is 41.6 Å². The molecule has 2 aliphatic rings. The summed E-state index contributed by atoms with van der Waals surface area (Å²) in [6.45, 7) is 0.235. The number of hydrogen-bond donors (Lipinski definition) is 0. The van der Waals surface area contributed by atoms with Crippen LogP contribution in [-0.2, 0) is 11.3 Å². The van der Waals surface area contributed by atoms with Crippen molar-refractivity contribution in [2.45, 2.75) is 44.4 Å². The second-order valence-electron chi connectivity index (χ2n) is 7.21.